The fraction of sp³-hybridized carbons (Fsp3) is 0.889. The van der Waals surface area contributed by atoms with Gasteiger partial charge >= 0.3 is 0 Å². The van der Waals surface area contributed by atoms with E-state index in [0.717, 1.165) is 13.2 Å². The quantitative estimate of drug-likeness (QED) is 0.317. The SMILES string of the molecule is C1CCCCCCCCC1.C1CCCCCCCCC1.C=COCC1(COC=C)CCCCCCCCC1. The molecule has 38 heavy (non-hydrogen) atoms. The molecule has 3 rings (SSSR count). The number of ether oxygens (including phenoxy) is 2. The molecule has 0 heterocycles. The van der Waals surface area contributed by atoms with Gasteiger partial charge in [-0.1, -0.05) is 187 Å². The summed E-state index contributed by atoms with van der Waals surface area (Å²) in [4.78, 5) is 0. The van der Waals surface area contributed by atoms with Crippen LogP contribution in [0.1, 0.15) is 186 Å². The van der Waals surface area contributed by atoms with Crippen molar-refractivity contribution < 1.29 is 9.47 Å². The molecule has 3 fully saturated rings. The maximum Gasteiger partial charge on any atom is 0.0961 e. The van der Waals surface area contributed by atoms with E-state index in [0.29, 0.717) is 0 Å². The van der Waals surface area contributed by atoms with Crippen molar-refractivity contribution in [1.29, 1.82) is 0 Å². The Morgan fingerprint density at radius 3 is 0.711 bits per heavy atom. The van der Waals surface area contributed by atoms with Crippen LogP contribution in [0.3, 0.4) is 0 Å². The van der Waals surface area contributed by atoms with E-state index >= 15 is 0 Å². The molecular formula is C36H68O2. The monoisotopic (exact) mass is 533 g/mol. The van der Waals surface area contributed by atoms with Gasteiger partial charge < -0.3 is 9.47 Å². The molecule has 3 saturated carbocycles. The Morgan fingerprint density at radius 2 is 0.526 bits per heavy atom. The Balaban J connectivity index is 0.000000307. The van der Waals surface area contributed by atoms with Gasteiger partial charge in [-0.25, -0.2) is 0 Å². The maximum atomic E-state index is 5.49. The van der Waals surface area contributed by atoms with Crippen LogP contribution in [0.25, 0.3) is 0 Å². The first-order valence-electron chi connectivity index (χ1n) is 17.3. The van der Waals surface area contributed by atoms with Crippen molar-refractivity contribution in [3.8, 4) is 0 Å². The van der Waals surface area contributed by atoms with Gasteiger partial charge in [0.25, 0.3) is 0 Å². The van der Waals surface area contributed by atoms with Crippen molar-refractivity contribution in [3.63, 3.8) is 0 Å². The van der Waals surface area contributed by atoms with Gasteiger partial charge in [-0.2, -0.15) is 0 Å². The van der Waals surface area contributed by atoms with Crippen LogP contribution in [0.5, 0.6) is 0 Å². The van der Waals surface area contributed by atoms with Gasteiger partial charge in [-0.3, -0.25) is 0 Å². The summed E-state index contributed by atoms with van der Waals surface area (Å²) in [5.74, 6) is 0. The third-order valence-corrected chi connectivity index (χ3v) is 8.93. The van der Waals surface area contributed by atoms with Crippen molar-refractivity contribution in [1.82, 2.24) is 0 Å². The highest BCUT2D eigenvalue weighted by Gasteiger charge is 2.31. The van der Waals surface area contributed by atoms with Crippen molar-refractivity contribution in [2.75, 3.05) is 13.2 Å². The molecule has 0 aliphatic heterocycles. The molecule has 3 aliphatic carbocycles. The van der Waals surface area contributed by atoms with Crippen LogP contribution < -0.4 is 0 Å². The molecule has 0 radical (unpaired) electrons. The van der Waals surface area contributed by atoms with Gasteiger partial charge in [0.15, 0.2) is 0 Å². The minimum Gasteiger partial charge on any atom is -0.501 e. The van der Waals surface area contributed by atoms with Crippen LogP contribution in [0.15, 0.2) is 25.7 Å². The highest BCUT2D eigenvalue weighted by atomic mass is 16.5. The molecule has 2 heteroatoms. The van der Waals surface area contributed by atoms with Crippen LogP contribution in [-0.2, 0) is 9.47 Å². The van der Waals surface area contributed by atoms with E-state index in [1.807, 2.05) is 0 Å². The number of hydrogen-bond acceptors (Lipinski definition) is 2. The summed E-state index contributed by atoms with van der Waals surface area (Å²) in [6, 6.07) is 0. The average molecular weight is 533 g/mol. The lowest BCUT2D eigenvalue weighted by atomic mass is 9.78. The third kappa shape index (κ3) is 22.0. The number of rotatable bonds is 6. The van der Waals surface area contributed by atoms with Crippen molar-refractivity contribution in [2.24, 2.45) is 5.41 Å². The van der Waals surface area contributed by atoms with E-state index in [4.69, 9.17) is 9.47 Å². The Hall–Kier alpha value is -0.920. The Bertz CT molecular complexity index is 389. The van der Waals surface area contributed by atoms with E-state index < -0.39 is 0 Å². The lowest BCUT2D eigenvalue weighted by Gasteiger charge is -2.33. The predicted octanol–water partition coefficient (Wildman–Crippen LogP) is 12.6. The van der Waals surface area contributed by atoms with Crippen LogP contribution in [-0.4, -0.2) is 13.2 Å². The van der Waals surface area contributed by atoms with Crippen LogP contribution in [0.2, 0.25) is 0 Å². The van der Waals surface area contributed by atoms with Gasteiger partial charge in [0.1, 0.15) is 0 Å². The molecule has 0 saturated heterocycles. The molecule has 0 unspecified atom stereocenters. The van der Waals surface area contributed by atoms with Gasteiger partial charge in [0.2, 0.25) is 0 Å². The zero-order valence-corrected chi connectivity index (χ0v) is 25.8. The summed E-state index contributed by atoms with van der Waals surface area (Å²) in [7, 11) is 0. The fourth-order valence-corrected chi connectivity index (χ4v) is 6.35. The van der Waals surface area contributed by atoms with Crippen LogP contribution >= 0.6 is 0 Å². The molecule has 0 N–H and O–H groups in total. The van der Waals surface area contributed by atoms with E-state index in [9.17, 15) is 0 Å². The summed E-state index contributed by atoms with van der Waals surface area (Å²) in [5, 5.41) is 0. The summed E-state index contributed by atoms with van der Waals surface area (Å²) >= 11 is 0. The lowest BCUT2D eigenvalue weighted by molar-refractivity contribution is 0.0206. The summed E-state index contributed by atoms with van der Waals surface area (Å²) in [6.07, 6.45) is 44.9. The topological polar surface area (TPSA) is 18.5 Å². The molecule has 224 valence electrons. The van der Waals surface area contributed by atoms with Crippen molar-refractivity contribution in [3.05, 3.63) is 25.7 Å². The van der Waals surface area contributed by atoms with Crippen LogP contribution in [0.4, 0.5) is 0 Å². The van der Waals surface area contributed by atoms with Gasteiger partial charge in [0, 0.05) is 5.41 Å². The van der Waals surface area contributed by atoms with Gasteiger partial charge in [-0.15, -0.1) is 0 Å². The van der Waals surface area contributed by atoms with Crippen molar-refractivity contribution >= 4 is 0 Å². The molecular weight excluding hydrogens is 464 g/mol. The molecule has 2 nitrogen and oxygen atoms in total. The molecule has 0 bridgehead atoms. The molecule has 0 aromatic carbocycles. The highest BCUT2D eigenvalue weighted by Crippen LogP contribution is 2.34. The average Bonchev–Trinajstić information content (AvgIpc) is 2.97. The fourth-order valence-electron chi connectivity index (χ4n) is 6.35. The Labute approximate surface area is 239 Å². The zero-order chi connectivity index (χ0) is 27.2. The molecule has 0 atom stereocenters. The molecule has 0 spiro atoms. The minimum atomic E-state index is 0.152. The van der Waals surface area contributed by atoms with Gasteiger partial charge in [-0.05, 0) is 12.8 Å². The van der Waals surface area contributed by atoms with E-state index in [-0.39, 0.29) is 5.41 Å². The highest BCUT2D eigenvalue weighted by molar-refractivity contribution is 4.81. The molecule has 0 aromatic heterocycles. The predicted molar refractivity (Wildman–Crippen MR) is 169 cm³/mol. The largest absolute Gasteiger partial charge is 0.501 e. The Morgan fingerprint density at radius 1 is 0.342 bits per heavy atom. The second-order valence-corrected chi connectivity index (χ2v) is 12.5. The maximum absolute atomic E-state index is 5.49. The standard InChI is InChI=1S/C16H28O2.2C10H20/c1-3-17-14-16(15-18-4-2)12-10-8-6-5-7-9-11-13-16;2*1-2-4-6-8-10-9-7-5-3-1/h3-4H,1-2,5-15H2;2*1-10H2. The summed E-state index contributed by atoms with van der Waals surface area (Å²) < 4.78 is 11.0. The second-order valence-electron chi connectivity index (χ2n) is 12.5. The van der Waals surface area contributed by atoms with E-state index in [1.54, 1.807) is 12.5 Å². The Kier molecular flexibility index (Phi) is 25.5. The summed E-state index contributed by atoms with van der Waals surface area (Å²) in [6.45, 7) is 8.75. The smallest absolute Gasteiger partial charge is 0.0961 e. The van der Waals surface area contributed by atoms with Gasteiger partial charge in [0.05, 0.1) is 25.7 Å². The lowest BCUT2D eigenvalue weighted by Crippen LogP contribution is -2.31. The molecule has 3 aliphatic rings. The first-order valence-corrected chi connectivity index (χ1v) is 17.3. The second kappa shape index (κ2) is 27.6. The van der Waals surface area contributed by atoms with Crippen LogP contribution in [0, 0.1) is 5.41 Å². The number of hydrogen-bond donors (Lipinski definition) is 0. The van der Waals surface area contributed by atoms with E-state index in [2.05, 4.69) is 13.2 Å². The molecule has 0 aromatic rings. The zero-order valence-electron chi connectivity index (χ0n) is 25.8. The van der Waals surface area contributed by atoms with E-state index in [1.165, 1.54) is 186 Å². The summed E-state index contributed by atoms with van der Waals surface area (Å²) in [5.41, 5.74) is 0.152. The first-order chi connectivity index (χ1) is 18.8. The third-order valence-electron chi connectivity index (χ3n) is 8.93. The van der Waals surface area contributed by atoms with Crippen molar-refractivity contribution in [2.45, 2.75) is 186 Å². The molecule has 0 amide bonds. The normalized spacial score (nSPS) is 22.4. The minimum absolute atomic E-state index is 0.152. The first kappa shape index (κ1) is 35.1.